The third kappa shape index (κ3) is 5.91. The fraction of sp³-hybridized carbons (Fsp3) is 0.294. The number of phosphoric acid groups is 2. The smallest absolute Gasteiger partial charge is 0.349 e. The van der Waals surface area contributed by atoms with Gasteiger partial charge in [-0.1, -0.05) is 18.2 Å². The van der Waals surface area contributed by atoms with Gasteiger partial charge in [0.05, 0.1) is 12.9 Å². The van der Waals surface area contributed by atoms with Crippen LogP contribution in [0.2, 0.25) is 0 Å². The number of anilines is 1. The minimum atomic E-state index is -4.95. The second-order valence-corrected chi connectivity index (χ2v) is 9.58. The number of fused-ring (bicyclic) bond motifs is 1. The Morgan fingerprint density at radius 2 is 1.85 bits per heavy atom. The van der Waals surface area contributed by atoms with Gasteiger partial charge in [-0.2, -0.15) is 0 Å². The fourth-order valence-corrected chi connectivity index (χ4v) is 4.32. The molecule has 1 amide bonds. The number of amides is 1. The molecule has 1 aliphatic heterocycles. The molecule has 3 atom stereocenters. The minimum Gasteiger partial charge on any atom is -0.349 e. The highest BCUT2D eigenvalue weighted by Gasteiger charge is 2.42. The number of hydrogen-bond acceptors (Lipinski definition) is 9. The zero-order valence-electron chi connectivity index (χ0n) is 17.1. The molecule has 0 saturated carbocycles. The molecule has 5 N–H and O–H groups in total. The number of phosphoric ester groups is 2. The van der Waals surface area contributed by atoms with E-state index >= 15 is 0 Å². The lowest BCUT2D eigenvalue weighted by molar-refractivity contribution is -0.0417. The average Bonchev–Trinajstić information content (AvgIpc) is 3.35. The second-order valence-electron chi connectivity index (χ2n) is 7.15. The number of nitrogens with one attached hydrogen (secondary N) is 1. The molecule has 1 fully saturated rings. The van der Waals surface area contributed by atoms with E-state index in [9.17, 15) is 23.7 Å². The summed E-state index contributed by atoms with van der Waals surface area (Å²) in [5.41, 5.74) is 0.853. The molecular weight excluding hydrogens is 496 g/mol. The second kappa shape index (κ2) is 9.58. The van der Waals surface area contributed by atoms with Crippen LogP contribution in [-0.2, 0) is 22.9 Å². The first kappa shape index (κ1) is 24.5. The maximum absolute atomic E-state index is 12.5. The summed E-state index contributed by atoms with van der Waals surface area (Å²) in [6.45, 7) is -0.689. The summed E-state index contributed by atoms with van der Waals surface area (Å²) in [6.07, 6.45) is -1.02. The molecule has 0 unspecified atom stereocenters. The lowest BCUT2D eigenvalue weighted by atomic mass is 10.2. The zero-order chi connectivity index (χ0) is 24.5. The van der Waals surface area contributed by atoms with Crippen molar-refractivity contribution in [2.24, 2.45) is 0 Å². The third-order valence-electron chi connectivity index (χ3n) is 4.80. The highest BCUT2D eigenvalue weighted by molar-refractivity contribution is 7.46. The summed E-state index contributed by atoms with van der Waals surface area (Å²) in [7, 11) is -9.82. The average molecular weight is 515 g/mol. The van der Waals surface area contributed by atoms with Crippen LogP contribution >= 0.6 is 15.6 Å². The van der Waals surface area contributed by atoms with Crippen molar-refractivity contribution < 1.29 is 47.3 Å². The van der Waals surface area contributed by atoms with Gasteiger partial charge < -0.3 is 29.6 Å². The number of carbonyl (C=O) groups excluding carboxylic acids is 1. The fourth-order valence-electron chi connectivity index (χ4n) is 3.40. The molecule has 15 nitrogen and oxygen atoms in total. The molecule has 0 spiro atoms. The maximum atomic E-state index is 12.5. The Kier molecular flexibility index (Phi) is 6.92. The Labute approximate surface area is 191 Å². The summed E-state index contributed by atoms with van der Waals surface area (Å²) in [5, 5.41) is 2.65. The molecule has 3 aromatic rings. The largest absolute Gasteiger partial charge is 0.469 e. The van der Waals surface area contributed by atoms with Crippen molar-refractivity contribution in [1.29, 1.82) is 0 Å². The van der Waals surface area contributed by atoms with Gasteiger partial charge in [-0.25, -0.2) is 24.1 Å². The van der Waals surface area contributed by atoms with Crippen LogP contribution in [0.4, 0.5) is 5.82 Å². The van der Waals surface area contributed by atoms with Crippen LogP contribution in [0.25, 0.3) is 11.2 Å². The van der Waals surface area contributed by atoms with Crippen molar-refractivity contribution in [1.82, 2.24) is 19.5 Å². The van der Waals surface area contributed by atoms with Crippen molar-refractivity contribution >= 4 is 38.5 Å². The van der Waals surface area contributed by atoms with E-state index in [4.69, 9.17) is 19.0 Å². The first-order chi connectivity index (χ1) is 16.0. The number of rotatable bonds is 8. The summed E-state index contributed by atoms with van der Waals surface area (Å²) in [5.74, 6) is -0.294. The molecule has 2 aromatic heterocycles. The minimum absolute atomic E-state index is 0.124. The summed E-state index contributed by atoms with van der Waals surface area (Å²) in [6, 6.07) is 8.43. The van der Waals surface area contributed by atoms with E-state index in [0.717, 1.165) is 0 Å². The van der Waals surface area contributed by atoms with Gasteiger partial charge in [0, 0.05) is 12.0 Å². The number of benzene rings is 1. The summed E-state index contributed by atoms with van der Waals surface area (Å²) < 4.78 is 38.7. The number of nitrogens with zero attached hydrogens (tertiary/aromatic N) is 4. The number of aromatic nitrogens is 4. The maximum Gasteiger partial charge on any atom is 0.469 e. The Morgan fingerprint density at radius 3 is 2.53 bits per heavy atom. The van der Waals surface area contributed by atoms with E-state index in [0.29, 0.717) is 5.56 Å². The lowest BCUT2D eigenvalue weighted by Crippen LogP contribution is -2.28. The molecule has 1 saturated heterocycles. The molecule has 1 aliphatic rings. The Balaban J connectivity index is 1.58. The standard InChI is InChI=1S/C17H19N5O10P2/c23-17(10-4-2-1-3-5-10)21-15-14-16(19-8-18-15)22(9-20-14)13-6-11(32-34(27,28)29)12(31-13)7-30-33(24,25)26/h1-5,8-9,11-13H,6-7H2,(H2,24,25,26)(H2,27,28,29)(H,18,19,21,23)/t11-,12+,13+/m0/s1. The predicted molar refractivity (Wildman–Crippen MR) is 113 cm³/mol. The van der Waals surface area contributed by atoms with Crippen LogP contribution < -0.4 is 5.32 Å². The van der Waals surface area contributed by atoms with Gasteiger partial charge in [0.15, 0.2) is 17.0 Å². The molecule has 0 aliphatic carbocycles. The SMILES string of the molecule is O=C(Nc1ncnc2c1ncn2[C@H]1C[C@H](OP(=O)(O)O)[C@@H](COP(=O)(O)O)O1)c1ccccc1. The van der Waals surface area contributed by atoms with Gasteiger partial charge >= 0.3 is 15.6 Å². The number of imidazole rings is 1. The quantitative estimate of drug-likeness (QED) is 0.265. The van der Waals surface area contributed by atoms with E-state index in [-0.39, 0.29) is 23.4 Å². The van der Waals surface area contributed by atoms with Crippen molar-refractivity contribution in [2.75, 3.05) is 11.9 Å². The molecule has 182 valence electrons. The highest BCUT2D eigenvalue weighted by atomic mass is 31.2. The lowest BCUT2D eigenvalue weighted by Gasteiger charge is -2.19. The van der Waals surface area contributed by atoms with E-state index in [1.165, 1.54) is 17.2 Å². The van der Waals surface area contributed by atoms with E-state index in [2.05, 4.69) is 24.8 Å². The predicted octanol–water partition coefficient (Wildman–Crippen LogP) is 0.953. The normalized spacial score (nSPS) is 21.1. The van der Waals surface area contributed by atoms with Crippen molar-refractivity contribution in [3.63, 3.8) is 0 Å². The van der Waals surface area contributed by atoms with Gasteiger partial charge in [-0.15, -0.1) is 0 Å². The zero-order valence-corrected chi connectivity index (χ0v) is 18.9. The van der Waals surface area contributed by atoms with E-state index in [1.54, 1.807) is 30.3 Å². The van der Waals surface area contributed by atoms with E-state index < -0.39 is 46.6 Å². The van der Waals surface area contributed by atoms with Gasteiger partial charge in [-0.3, -0.25) is 18.4 Å². The molecular formula is C17H19N5O10P2. The monoisotopic (exact) mass is 515 g/mol. The first-order valence-corrected chi connectivity index (χ1v) is 12.7. The summed E-state index contributed by atoms with van der Waals surface area (Å²) >= 11 is 0. The molecule has 1 aromatic carbocycles. The van der Waals surface area contributed by atoms with Crippen LogP contribution in [0.15, 0.2) is 43.0 Å². The van der Waals surface area contributed by atoms with Crippen LogP contribution in [0.1, 0.15) is 23.0 Å². The molecule has 34 heavy (non-hydrogen) atoms. The topological polar surface area (TPSA) is 215 Å². The number of ether oxygens (including phenoxy) is 1. The number of hydrogen-bond donors (Lipinski definition) is 5. The van der Waals surface area contributed by atoms with E-state index in [1.807, 2.05) is 0 Å². The van der Waals surface area contributed by atoms with Crippen LogP contribution in [0, 0.1) is 0 Å². The Bertz CT molecular complexity index is 1280. The third-order valence-corrected chi connectivity index (χ3v) is 5.83. The number of carbonyl (C=O) groups is 1. The van der Waals surface area contributed by atoms with Gasteiger partial charge in [0.2, 0.25) is 0 Å². The van der Waals surface area contributed by atoms with Gasteiger partial charge in [0.25, 0.3) is 5.91 Å². The molecule has 4 rings (SSSR count). The molecule has 17 heteroatoms. The molecule has 3 heterocycles. The van der Waals surface area contributed by atoms with Crippen molar-refractivity contribution in [3.05, 3.63) is 48.5 Å². The highest BCUT2D eigenvalue weighted by Crippen LogP contribution is 2.45. The van der Waals surface area contributed by atoms with Crippen LogP contribution in [0.5, 0.6) is 0 Å². The van der Waals surface area contributed by atoms with Crippen molar-refractivity contribution in [3.8, 4) is 0 Å². The van der Waals surface area contributed by atoms with Gasteiger partial charge in [-0.05, 0) is 12.1 Å². The van der Waals surface area contributed by atoms with Crippen LogP contribution in [0.3, 0.4) is 0 Å². The molecule has 0 radical (unpaired) electrons. The first-order valence-electron chi connectivity index (χ1n) is 9.63. The summed E-state index contributed by atoms with van der Waals surface area (Å²) in [4.78, 5) is 61.2. The van der Waals surface area contributed by atoms with Crippen LogP contribution in [-0.4, -0.2) is 63.8 Å². The Hall–Kier alpha value is -2.58. The molecule has 0 bridgehead atoms. The van der Waals surface area contributed by atoms with Crippen molar-refractivity contribution in [2.45, 2.75) is 24.9 Å². The van der Waals surface area contributed by atoms with Gasteiger partial charge in [0.1, 0.15) is 24.8 Å². The Morgan fingerprint density at radius 1 is 1.12 bits per heavy atom.